The number of aryl methyl sites for hydroxylation is 1. The van der Waals surface area contributed by atoms with Gasteiger partial charge in [-0.2, -0.15) is 0 Å². The molecule has 3 aromatic rings. The molecule has 0 aliphatic carbocycles. The lowest BCUT2D eigenvalue weighted by molar-refractivity contribution is 0.0945. The number of hydrogen-bond acceptors (Lipinski definition) is 5. The van der Waals surface area contributed by atoms with Crippen molar-refractivity contribution in [1.82, 2.24) is 15.3 Å². The summed E-state index contributed by atoms with van der Waals surface area (Å²) in [6.45, 7) is 5.04. The summed E-state index contributed by atoms with van der Waals surface area (Å²) in [5, 5.41) is 6.06. The predicted octanol–water partition coefficient (Wildman–Crippen LogP) is 3.86. The van der Waals surface area contributed by atoms with Crippen LogP contribution in [0.2, 0.25) is 0 Å². The standard InChI is InChI=1S/C21H22N4O2/c1-3-27-18-10-8-17(9-11-18)25-20-12-19(23-14-24-20)21(26)22-13-16-7-5-4-6-15(16)2/h4-12,14H,3,13H2,1-2H3,(H,22,26)(H,23,24,25). The fraction of sp³-hybridized carbons (Fsp3) is 0.190. The molecule has 0 bridgehead atoms. The van der Waals surface area contributed by atoms with Gasteiger partial charge in [0.25, 0.3) is 5.91 Å². The summed E-state index contributed by atoms with van der Waals surface area (Å²) in [5.41, 5.74) is 3.38. The molecule has 0 radical (unpaired) electrons. The first-order valence-electron chi connectivity index (χ1n) is 8.80. The van der Waals surface area contributed by atoms with E-state index in [2.05, 4.69) is 20.6 Å². The molecule has 1 aromatic heterocycles. The lowest BCUT2D eigenvalue weighted by Gasteiger charge is -2.09. The van der Waals surface area contributed by atoms with Crippen molar-refractivity contribution in [1.29, 1.82) is 0 Å². The molecule has 0 unspecified atom stereocenters. The zero-order valence-electron chi connectivity index (χ0n) is 15.4. The number of carbonyl (C=O) groups excluding carboxylic acids is 1. The second-order valence-corrected chi connectivity index (χ2v) is 5.98. The minimum absolute atomic E-state index is 0.240. The molecule has 2 aromatic carbocycles. The molecule has 138 valence electrons. The van der Waals surface area contributed by atoms with Gasteiger partial charge in [-0.3, -0.25) is 4.79 Å². The van der Waals surface area contributed by atoms with Gasteiger partial charge in [0.15, 0.2) is 0 Å². The maximum Gasteiger partial charge on any atom is 0.270 e. The van der Waals surface area contributed by atoms with Crippen molar-refractivity contribution in [3.63, 3.8) is 0 Å². The summed E-state index contributed by atoms with van der Waals surface area (Å²) in [6.07, 6.45) is 1.37. The number of carbonyl (C=O) groups is 1. The van der Waals surface area contributed by atoms with E-state index in [0.717, 1.165) is 22.6 Å². The van der Waals surface area contributed by atoms with Crippen LogP contribution in [-0.4, -0.2) is 22.5 Å². The van der Waals surface area contributed by atoms with Gasteiger partial charge >= 0.3 is 0 Å². The van der Waals surface area contributed by atoms with Crippen molar-refractivity contribution >= 4 is 17.4 Å². The number of hydrogen-bond donors (Lipinski definition) is 2. The van der Waals surface area contributed by atoms with E-state index in [-0.39, 0.29) is 5.91 Å². The molecule has 1 amide bonds. The van der Waals surface area contributed by atoms with Crippen LogP contribution in [0.25, 0.3) is 0 Å². The fourth-order valence-electron chi connectivity index (χ4n) is 2.57. The van der Waals surface area contributed by atoms with Crippen molar-refractivity contribution in [2.24, 2.45) is 0 Å². The van der Waals surface area contributed by atoms with Crippen LogP contribution in [0, 0.1) is 6.92 Å². The molecule has 0 atom stereocenters. The van der Waals surface area contributed by atoms with Crippen LogP contribution in [0.1, 0.15) is 28.5 Å². The van der Waals surface area contributed by atoms with Crippen molar-refractivity contribution < 1.29 is 9.53 Å². The molecule has 0 saturated heterocycles. The highest BCUT2D eigenvalue weighted by molar-refractivity contribution is 5.92. The van der Waals surface area contributed by atoms with E-state index < -0.39 is 0 Å². The molecular formula is C21H22N4O2. The van der Waals surface area contributed by atoms with Crippen LogP contribution in [0.5, 0.6) is 5.75 Å². The van der Waals surface area contributed by atoms with Crippen LogP contribution >= 0.6 is 0 Å². The van der Waals surface area contributed by atoms with E-state index in [1.807, 2.05) is 62.4 Å². The molecule has 2 N–H and O–H groups in total. The van der Waals surface area contributed by atoms with E-state index >= 15 is 0 Å². The maximum absolute atomic E-state index is 12.4. The molecule has 3 rings (SSSR count). The smallest absolute Gasteiger partial charge is 0.270 e. The van der Waals surface area contributed by atoms with E-state index in [0.29, 0.717) is 24.7 Å². The Morgan fingerprint density at radius 3 is 2.59 bits per heavy atom. The molecule has 1 heterocycles. The van der Waals surface area contributed by atoms with Gasteiger partial charge in [-0.05, 0) is 49.2 Å². The van der Waals surface area contributed by atoms with Crippen LogP contribution in [0.4, 0.5) is 11.5 Å². The number of nitrogens with zero attached hydrogens (tertiary/aromatic N) is 2. The van der Waals surface area contributed by atoms with Gasteiger partial charge in [0.2, 0.25) is 0 Å². The number of benzene rings is 2. The third kappa shape index (κ3) is 5.04. The largest absolute Gasteiger partial charge is 0.494 e. The molecule has 0 aliphatic rings. The second kappa shape index (κ2) is 8.80. The lowest BCUT2D eigenvalue weighted by atomic mass is 10.1. The molecule has 0 saturated carbocycles. The monoisotopic (exact) mass is 362 g/mol. The van der Waals surface area contributed by atoms with Crippen LogP contribution in [0.3, 0.4) is 0 Å². The zero-order valence-corrected chi connectivity index (χ0v) is 15.4. The number of anilines is 2. The van der Waals surface area contributed by atoms with Gasteiger partial charge in [0.1, 0.15) is 23.6 Å². The topological polar surface area (TPSA) is 76.1 Å². The number of aromatic nitrogens is 2. The third-order valence-electron chi connectivity index (χ3n) is 4.04. The second-order valence-electron chi connectivity index (χ2n) is 5.98. The maximum atomic E-state index is 12.4. The SMILES string of the molecule is CCOc1ccc(Nc2cc(C(=O)NCc3ccccc3C)ncn2)cc1. The molecule has 6 heteroatoms. The molecule has 0 aliphatic heterocycles. The first-order valence-corrected chi connectivity index (χ1v) is 8.80. The van der Waals surface area contributed by atoms with Crippen LogP contribution < -0.4 is 15.4 Å². The molecule has 0 fully saturated rings. The van der Waals surface area contributed by atoms with Gasteiger partial charge in [-0.1, -0.05) is 24.3 Å². The van der Waals surface area contributed by atoms with E-state index in [1.54, 1.807) is 6.07 Å². The fourth-order valence-corrected chi connectivity index (χ4v) is 2.57. The number of ether oxygens (including phenoxy) is 1. The Balaban J connectivity index is 1.64. The van der Waals surface area contributed by atoms with Crippen LogP contribution in [0.15, 0.2) is 60.9 Å². The van der Waals surface area contributed by atoms with Gasteiger partial charge in [0, 0.05) is 18.3 Å². The van der Waals surface area contributed by atoms with E-state index in [1.165, 1.54) is 6.33 Å². The Bertz CT molecular complexity index is 910. The highest BCUT2D eigenvalue weighted by Crippen LogP contribution is 2.19. The van der Waals surface area contributed by atoms with Crippen molar-refractivity contribution in [3.8, 4) is 5.75 Å². The van der Waals surface area contributed by atoms with Gasteiger partial charge in [-0.15, -0.1) is 0 Å². The quantitative estimate of drug-likeness (QED) is 0.667. The molecule has 6 nitrogen and oxygen atoms in total. The minimum atomic E-state index is -0.240. The first kappa shape index (κ1) is 18.4. The van der Waals surface area contributed by atoms with E-state index in [4.69, 9.17) is 4.74 Å². The zero-order chi connectivity index (χ0) is 19.1. The van der Waals surface area contributed by atoms with Gasteiger partial charge < -0.3 is 15.4 Å². The average molecular weight is 362 g/mol. The Labute approximate surface area is 158 Å². The molecular weight excluding hydrogens is 340 g/mol. The highest BCUT2D eigenvalue weighted by atomic mass is 16.5. The summed E-state index contributed by atoms with van der Waals surface area (Å²) in [5.74, 6) is 1.12. The number of amides is 1. The Morgan fingerprint density at radius 1 is 1.07 bits per heavy atom. The predicted molar refractivity (Wildman–Crippen MR) is 105 cm³/mol. The summed E-state index contributed by atoms with van der Waals surface area (Å²) >= 11 is 0. The Morgan fingerprint density at radius 2 is 1.85 bits per heavy atom. The summed E-state index contributed by atoms with van der Waals surface area (Å²) < 4.78 is 5.43. The summed E-state index contributed by atoms with van der Waals surface area (Å²) in [7, 11) is 0. The Hall–Kier alpha value is -3.41. The Kier molecular flexibility index (Phi) is 5.99. The number of nitrogens with one attached hydrogen (secondary N) is 2. The van der Waals surface area contributed by atoms with Crippen LogP contribution in [-0.2, 0) is 6.54 Å². The third-order valence-corrected chi connectivity index (χ3v) is 4.04. The highest BCUT2D eigenvalue weighted by Gasteiger charge is 2.09. The lowest BCUT2D eigenvalue weighted by Crippen LogP contribution is -2.24. The minimum Gasteiger partial charge on any atom is -0.494 e. The first-order chi connectivity index (χ1) is 13.2. The number of rotatable bonds is 7. The van der Waals surface area contributed by atoms with Gasteiger partial charge in [0.05, 0.1) is 6.61 Å². The summed E-state index contributed by atoms with van der Waals surface area (Å²) in [6, 6.07) is 17.1. The normalized spacial score (nSPS) is 10.3. The van der Waals surface area contributed by atoms with Crippen molar-refractivity contribution in [2.45, 2.75) is 20.4 Å². The molecule has 27 heavy (non-hydrogen) atoms. The van der Waals surface area contributed by atoms with Crippen molar-refractivity contribution in [2.75, 3.05) is 11.9 Å². The average Bonchev–Trinajstić information content (AvgIpc) is 2.69. The van der Waals surface area contributed by atoms with Crippen molar-refractivity contribution in [3.05, 3.63) is 77.7 Å². The molecule has 0 spiro atoms. The van der Waals surface area contributed by atoms with Gasteiger partial charge in [-0.25, -0.2) is 9.97 Å². The summed E-state index contributed by atoms with van der Waals surface area (Å²) in [4.78, 5) is 20.7. The van der Waals surface area contributed by atoms with E-state index in [9.17, 15) is 4.79 Å².